The summed E-state index contributed by atoms with van der Waals surface area (Å²) in [7, 11) is 3.03. The normalized spacial score (nSPS) is 16.1. The van der Waals surface area contributed by atoms with Crippen molar-refractivity contribution in [3.63, 3.8) is 0 Å². The maximum atomic E-state index is 13.5. The van der Waals surface area contributed by atoms with Crippen molar-refractivity contribution in [3.05, 3.63) is 62.0 Å². The number of aryl methyl sites for hydroxylation is 1. The van der Waals surface area contributed by atoms with Crippen LogP contribution in [0.2, 0.25) is 0 Å². The molecule has 0 aliphatic carbocycles. The van der Waals surface area contributed by atoms with Crippen LogP contribution in [0, 0.1) is 6.92 Å². The average Bonchev–Trinajstić information content (AvgIpc) is 3.01. The lowest BCUT2D eigenvalue weighted by molar-refractivity contribution is 0.0983. The van der Waals surface area contributed by atoms with Gasteiger partial charge in [0.2, 0.25) is 0 Å². The fraction of sp³-hybridized carbons (Fsp3) is 0.200. The number of halogens is 1. The maximum Gasteiger partial charge on any atom is 0.294 e. The Morgan fingerprint density at radius 1 is 1.10 bits per heavy atom. The highest BCUT2D eigenvalue weighted by atomic mass is 79.9. The van der Waals surface area contributed by atoms with E-state index in [-0.39, 0.29) is 11.6 Å². The van der Waals surface area contributed by atoms with Crippen LogP contribution in [0.1, 0.15) is 27.8 Å². The fourth-order valence-electron chi connectivity index (χ4n) is 3.96. The summed E-state index contributed by atoms with van der Waals surface area (Å²) in [5.74, 6) is 1.02. The SMILES string of the molecule is COc1ccc2c(c1OC)C(=O)N1c3ccc(Br)cc3-c3nc(=O)c(C)nn3C21. The van der Waals surface area contributed by atoms with Crippen molar-refractivity contribution in [1.29, 1.82) is 0 Å². The first-order chi connectivity index (χ1) is 14.0. The molecule has 2 aliphatic heterocycles. The van der Waals surface area contributed by atoms with Crippen LogP contribution in [-0.2, 0) is 0 Å². The van der Waals surface area contributed by atoms with Crippen LogP contribution in [0.15, 0.2) is 39.6 Å². The highest BCUT2D eigenvalue weighted by Gasteiger charge is 2.47. The van der Waals surface area contributed by atoms with Crippen molar-refractivity contribution in [1.82, 2.24) is 14.8 Å². The minimum atomic E-state index is -0.576. The zero-order valence-corrected chi connectivity index (χ0v) is 17.3. The van der Waals surface area contributed by atoms with Gasteiger partial charge in [0.15, 0.2) is 23.5 Å². The van der Waals surface area contributed by atoms with Crippen molar-refractivity contribution < 1.29 is 14.3 Å². The number of hydrogen-bond acceptors (Lipinski definition) is 6. The summed E-state index contributed by atoms with van der Waals surface area (Å²) in [6.07, 6.45) is -0.576. The van der Waals surface area contributed by atoms with Gasteiger partial charge in [0, 0.05) is 15.6 Å². The first-order valence-corrected chi connectivity index (χ1v) is 9.61. The molecule has 1 amide bonds. The van der Waals surface area contributed by atoms with Crippen LogP contribution in [0.25, 0.3) is 11.4 Å². The van der Waals surface area contributed by atoms with Crippen molar-refractivity contribution in [2.75, 3.05) is 19.1 Å². The molecule has 1 atom stereocenters. The third-order valence-electron chi connectivity index (χ3n) is 5.22. The number of rotatable bonds is 2. The van der Waals surface area contributed by atoms with Gasteiger partial charge in [-0.15, -0.1) is 0 Å². The lowest BCUT2D eigenvalue weighted by Gasteiger charge is -2.34. The van der Waals surface area contributed by atoms with E-state index in [2.05, 4.69) is 26.0 Å². The lowest BCUT2D eigenvalue weighted by Crippen LogP contribution is -2.39. The number of carbonyl (C=O) groups is 1. The molecular formula is C20H15BrN4O4. The second-order valence-corrected chi connectivity index (χ2v) is 7.66. The number of nitrogens with zero attached hydrogens (tertiary/aromatic N) is 4. The molecule has 2 aliphatic rings. The highest BCUT2D eigenvalue weighted by Crippen LogP contribution is 2.50. The molecule has 0 bridgehead atoms. The Morgan fingerprint density at radius 3 is 2.62 bits per heavy atom. The molecule has 0 radical (unpaired) electrons. The molecule has 1 unspecified atom stereocenters. The standard InChI is InChI=1S/C20H15BrN4O4/c1-9-18(26)22-17-12-8-10(21)4-6-13(12)24-19(25(17)23-9)11-5-7-14(28-2)16(29-3)15(11)20(24)27/h4-8,19H,1-3H3. The van der Waals surface area contributed by atoms with Gasteiger partial charge in [0.05, 0.1) is 25.5 Å². The number of hydrogen-bond donors (Lipinski definition) is 0. The molecule has 0 saturated carbocycles. The van der Waals surface area contributed by atoms with Crippen molar-refractivity contribution in [3.8, 4) is 22.9 Å². The Balaban J connectivity index is 1.88. The van der Waals surface area contributed by atoms with Crippen LogP contribution in [0.5, 0.6) is 11.5 Å². The molecule has 0 saturated heterocycles. The van der Waals surface area contributed by atoms with Crippen molar-refractivity contribution in [2.45, 2.75) is 13.1 Å². The number of carbonyl (C=O) groups excluding carboxylic acids is 1. The van der Waals surface area contributed by atoms with E-state index in [1.807, 2.05) is 24.3 Å². The maximum absolute atomic E-state index is 13.5. The smallest absolute Gasteiger partial charge is 0.294 e. The molecule has 1 aromatic heterocycles. The Kier molecular flexibility index (Phi) is 3.79. The van der Waals surface area contributed by atoms with E-state index in [0.29, 0.717) is 39.7 Å². The zero-order valence-electron chi connectivity index (χ0n) is 15.8. The Bertz CT molecular complexity index is 1270. The van der Waals surface area contributed by atoms with Gasteiger partial charge in [-0.05, 0) is 31.2 Å². The summed E-state index contributed by atoms with van der Waals surface area (Å²) in [6.45, 7) is 1.61. The quantitative estimate of drug-likeness (QED) is 0.591. The molecule has 3 heterocycles. The summed E-state index contributed by atoms with van der Waals surface area (Å²) >= 11 is 3.46. The molecule has 3 aromatic rings. The predicted molar refractivity (Wildman–Crippen MR) is 109 cm³/mol. The first kappa shape index (κ1) is 17.9. The third kappa shape index (κ3) is 2.30. The first-order valence-electron chi connectivity index (χ1n) is 8.82. The van der Waals surface area contributed by atoms with Gasteiger partial charge in [-0.1, -0.05) is 22.0 Å². The largest absolute Gasteiger partial charge is 0.493 e. The summed E-state index contributed by atoms with van der Waals surface area (Å²) < 4.78 is 13.3. The van der Waals surface area contributed by atoms with E-state index in [9.17, 15) is 9.59 Å². The molecule has 9 heteroatoms. The summed E-state index contributed by atoms with van der Waals surface area (Å²) in [5, 5.41) is 4.48. The third-order valence-corrected chi connectivity index (χ3v) is 5.71. The van der Waals surface area contributed by atoms with E-state index < -0.39 is 11.7 Å². The van der Waals surface area contributed by atoms with Gasteiger partial charge in [-0.3, -0.25) is 14.5 Å². The van der Waals surface area contributed by atoms with Gasteiger partial charge in [0.1, 0.15) is 5.69 Å². The minimum absolute atomic E-state index is 0.229. The monoisotopic (exact) mass is 454 g/mol. The summed E-state index contributed by atoms with van der Waals surface area (Å²) in [4.78, 5) is 31.7. The molecule has 29 heavy (non-hydrogen) atoms. The fourth-order valence-corrected chi connectivity index (χ4v) is 4.32. The second-order valence-electron chi connectivity index (χ2n) is 6.75. The topological polar surface area (TPSA) is 86.6 Å². The molecule has 0 spiro atoms. The molecular weight excluding hydrogens is 440 g/mol. The molecule has 0 fully saturated rings. The van der Waals surface area contributed by atoms with Crippen molar-refractivity contribution >= 4 is 27.5 Å². The van der Waals surface area contributed by atoms with E-state index in [1.54, 1.807) is 22.6 Å². The van der Waals surface area contributed by atoms with Crippen LogP contribution in [0.4, 0.5) is 5.69 Å². The van der Waals surface area contributed by atoms with E-state index in [1.165, 1.54) is 14.2 Å². The summed E-state index contributed by atoms with van der Waals surface area (Å²) in [6, 6.07) is 9.08. The van der Waals surface area contributed by atoms with E-state index >= 15 is 0 Å². The number of benzene rings is 2. The Morgan fingerprint density at radius 2 is 1.90 bits per heavy atom. The van der Waals surface area contributed by atoms with Gasteiger partial charge >= 0.3 is 0 Å². The second kappa shape index (κ2) is 6.15. The van der Waals surface area contributed by atoms with Gasteiger partial charge < -0.3 is 9.47 Å². The predicted octanol–water partition coefficient (Wildman–Crippen LogP) is 2.91. The number of amides is 1. The van der Waals surface area contributed by atoms with E-state index in [0.717, 1.165) is 4.47 Å². The van der Waals surface area contributed by atoms with Crippen LogP contribution in [-0.4, -0.2) is 34.9 Å². The number of aromatic nitrogens is 3. The lowest BCUT2D eigenvalue weighted by atomic mass is 10.0. The number of fused-ring (bicyclic) bond motifs is 8. The van der Waals surface area contributed by atoms with E-state index in [4.69, 9.17) is 9.47 Å². The molecule has 146 valence electrons. The number of methoxy groups -OCH3 is 2. The Labute approximate surface area is 173 Å². The highest BCUT2D eigenvalue weighted by molar-refractivity contribution is 9.10. The number of ether oxygens (including phenoxy) is 2. The molecule has 0 N–H and O–H groups in total. The zero-order chi connectivity index (χ0) is 20.4. The molecule has 5 rings (SSSR count). The van der Waals surface area contributed by atoms with Crippen molar-refractivity contribution in [2.24, 2.45) is 0 Å². The average molecular weight is 455 g/mol. The Hall–Kier alpha value is -3.20. The summed E-state index contributed by atoms with van der Waals surface area (Å²) in [5.41, 5.74) is 2.28. The van der Waals surface area contributed by atoms with Crippen LogP contribution >= 0.6 is 15.9 Å². The number of anilines is 1. The van der Waals surface area contributed by atoms with Gasteiger partial charge in [-0.25, -0.2) is 4.68 Å². The van der Waals surface area contributed by atoms with Crippen LogP contribution in [0.3, 0.4) is 0 Å². The molecule has 8 nitrogen and oxygen atoms in total. The van der Waals surface area contributed by atoms with Gasteiger partial charge in [0.25, 0.3) is 11.5 Å². The van der Waals surface area contributed by atoms with Gasteiger partial charge in [-0.2, -0.15) is 10.1 Å². The molecule has 2 aromatic carbocycles. The van der Waals surface area contributed by atoms with Crippen LogP contribution < -0.4 is 19.9 Å². The minimum Gasteiger partial charge on any atom is -0.493 e.